The van der Waals surface area contributed by atoms with Gasteiger partial charge in [0.25, 0.3) is 0 Å². The van der Waals surface area contributed by atoms with E-state index in [1.807, 2.05) is 48.5 Å². The zero-order valence-electron chi connectivity index (χ0n) is 10.2. The number of benzene rings is 2. The van der Waals surface area contributed by atoms with Crippen molar-refractivity contribution in [1.82, 2.24) is 0 Å². The van der Waals surface area contributed by atoms with Crippen molar-refractivity contribution in [3.63, 3.8) is 0 Å². The fourth-order valence-electron chi connectivity index (χ4n) is 2.24. The average Bonchev–Trinajstić information content (AvgIpc) is 2.49. The highest BCUT2D eigenvalue weighted by molar-refractivity contribution is 5.20. The number of rotatable bonds is 2. The predicted octanol–water partition coefficient (Wildman–Crippen LogP) is 3.86. The van der Waals surface area contributed by atoms with Crippen LogP contribution in [-0.4, -0.2) is 6.61 Å². The second kappa shape index (κ2) is 5.34. The van der Waals surface area contributed by atoms with Gasteiger partial charge in [-0.05, 0) is 5.56 Å². The lowest BCUT2D eigenvalue weighted by atomic mass is 10.1. The summed E-state index contributed by atoms with van der Waals surface area (Å²) >= 11 is 0. The van der Waals surface area contributed by atoms with Crippen molar-refractivity contribution < 1.29 is 9.47 Å². The Morgan fingerprint density at radius 3 is 2.06 bits per heavy atom. The van der Waals surface area contributed by atoms with Gasteiger partial charge >= 0.3 is 0 Å². The van der Waals surface area contributed by atoms with Crippen LogP contribution in [0.3, 0.4) is 0 Å². The molecular formula is C16H16O2. The van der Waals surface area contributed by atoms with Gasteiger partial charge in [-0.2, -0.15) is 0 Å². The van der Waals surface area contributed by atoms with Crippen molar-refractivity contribution in [2.24, 2.45) is 0 Å². The maximum Gasteiger partial charge on any atom is 0.184 e. The average molecular weight is 240 g/mol. The summed E-state index contributed by atoms with van der Waals surface area (Å²) in [6.45, 7) is 0.735. The molecule has 2 heteroatoms. The molecule has 2 nitrogen and oxygen atoms in total. The van der Waals surface area contributed by atoms with Crippen molar-refractivity contribution >= 4 is 0 Å². The Morgan fingerprint density at radius 2 is 1.39 bits per heavy atom. The second-order valence-electron chi connectivity index (χ2n) is 4.44. The van der Waals surface area contributed by atoms with Crippen molar-refractivity contribution in [3.8, 4) is 0 Å². The van der Waals surface area contributed by atoms with E-state index in [-0.39, 0.29) is 12.4 Å². The first-order chi connectivity index (χ1) is 8.93. The molecule has 0 N–H and O–H groups in total. The summed E-state index contributed by atoms with van der Waals surface area (Å²) < 4.78 is 11.7. The van der Waals surface area contributed by atoms with Gasteiger partial charge in [-0.1, -0.05) is 60.7 Å². The summed E-state index contributed by atoms with van der Waals surface area (Å²) in [6.07, 6.45) is 0.795. The third kappa shape index (κ3) is 2.45. The molecule has 92 valence electrons. The number of hydrogen-bond donors (Lipinski definition) is 0. The Labute approximate surface area is 107 Å². The summed E-state index contributed by atoms with van der Waals surface area (Å²) in [5, 5.41) is 0. The quantitative estimate of drug-likeness (QED) is 0.793. The normalized spacial score (nSPS) is 23.8. The maximum absolute atomic E-state index is 6.04. The lowest BCUT2D eigenvalue weighted by Gasteiger charge is -2.30. The van der Waals surface area contributed by atoms with Crippen LogP contribution in [0.4, 0.5) is 0 Å². The SMILES string of the molecule is c1ccc(C2OCC[C@H](c3ccccc3)O2)cc1. The maximum atomic E-state index is 6.04. The fourth-order valence-corrected chi connectivity index (χ4v) is 2.24. The molecule has 0 radical (unpaired) electrons. The molecule has 0 saturated carbocycles. The largest absolute Gasteiger partial charge is 0.348 e. The minimum Gasteiger partial charge on any atom is -0.348 e. The minimum atomic E-state index is -0.245. The predicted molar refractivity (Wildman–Crippen MR) is 70.0 cm³/mol. The van der Waals surface area contributed by atoms with Crippen LogP contribution >= 0.6 is 0 Å². The van der Waals surface area contributed by atoms with Gasteiger partial charge in [-0.15, -0.1) is 0 Å². The first-order valence-electron chi connectivity index (χ1n) is 6.30. The van der Waals surface area contributed by atoms with Crippen LogP contribution in [-0.2, 0) is 9.47 Å². The topological polar surface area (TPSA) is 18.5 Å². The molecule has 18 heavy (non-hydrogen) atoms. The standard InChI is InChI=1S/C16H16O2/c1-3-7-13(8-4-1)15-11-12-17-16(18-15)14-9-5-2-6-10-14/h1-10,15-16H,11-12H2/t15-,16?/m1/s1. The van der Waals surface area contributed by atoms with Crippen LogP contribution in [0.25, 0.3) is 0 Å². The van der Waals surface area contributed by atoms with Crippen molar-refractivity contribution in [2.45, 2.75) is 18.8 Å². The third-order valence-electron chi connectivity index (χ3n) is 3.18. The van der Waals surface area contributed by atoms with Gasteiger partial charge in [0, 0.05) is 12.0 Å². The molecule has 1 saturated heterocycles. The van der Waals surface area contributed by atoms with Gasteiger partial charge in [-0.3, -0.25) is 0 Å². The lowest BCUT2D eigenvalue weighted by molar-refractivity contribution is -0.219. The molecule has 1 aliphatic rings. The zero-order valence-corrected chi connectivity index (χ0v) is 10.2. The second-order valence-corrected chi connectivity index (χ2v) is 4.44. The Bertz CT molecular complexity index is 435. The number of hydrogen-bond acceptors (Lipinski definition) is 2. The van der Waals surface area contributed by atoms with Gasteiger partial charge in [0.2, 0.25) is 0 Å². The molecule has 0 spiro atoms. The molecular weight excluding hydrogens is 224 g/mol. The van der Waals surface area contributed by atoms with Crippen LogP contribution in [0, 0.1) is 0 Å². The molecule has 0 aliphatic carbocycles. The van der Waals surface area contributed by atoms with E-state index in [1.165, 1.54) is 5.56 Å². The molecule has 1 unspecified atom stereocenters. The third-order valence-corrected chi connectivity index (χ3v) is 3.18. The van der Waals surface area contributed by atoms with E-state index < -0.39 is 0 Å². The van der Waals surface area contributed by atoms with E-state index in [0.29, 0.717) is 0 Å². The van der Waals surface area contributed by atoms with E-state index in [1.54, 1.807) is 0 Å². The molecule has 0 bridgehead atoms. The summed E-state index contributed by atoms with van der Waals surface area (Å²) in [5.74, 6) is 0. The van der Waals surface area contributed by atoms with Crippen molar-refractivity contribution in [1.29, 1.82) is 0 Å². The van der Waals surface area contributed by atoms with Gasteiger partial charge < -0.3 is 9.47 Å². The van der Waals surface area contributed by atoms with Gasteiger partial charge in [0.1, 0.15) is 0 Å². The van der Waals surface area contributed by atoms with Gasteiger partial charge in [0.15, 0.2) is 6.29 Å². The van der Waals surface area contributed by atoms with E-state index in [2.05, 4.69) is 12.1 Å². The molecule has 1 fully saturated rings. The van der Waals surface area contributed by atoms with Crippen LogP contribution in [0.5, 0.6) is 0 Å². The van der Waals surface area contributed by atoms with Crippen LogP contribution in [0.2, 0.25) is 0 Å². The zero-order chi connectivity index (χ0) is 12.2. The molecule has 2 aromatic rings. The Hall–Kier alpha value is -1.64. The van der Waals surface area contributed by atoms with Crippen molar-refractivity contribution in [2.75, 3.05) is 6.61 Å². The lowest BCUT2D eigenvalue weighted by Crippen LogP contribution is -2.21. The Balaban J connectivity index is 1.77. The smallest absolute Gasteiger partial charge is 0.184 e. The summed E-state index contributed by atoms with van der Waals surface area (Å²) in [4.78, 5) is 0. The molecule has 0 aromatic heterocycles. The highest BCUT2D eigenvalue weighted by Gasteiger charge is 2.25. The molecule has 1 aliphatic heterocycles. The van der Waals surface area contributed by atoms with Crippen LogP contribution in [0.15, 0.2) is 60.7 Å². The van der Waals surface area contributed by atoms with E-state index in [9.17, 15) is 0 Å². The summed E-state index contributed by atoms with van der Waals surface area (Å²) in [7, 11) is 0. The Morgan fingerprint density at radius 1 is 0.778 bits per heavy atom. The van der Waals surface area contributed by atoms with Crippen LogP contribution < -0.4 is 0 Å². The minimum absolute atomic E-state index is 0.130. The summed E-state index contributed by atoms with van der Waals surface area (Å²) in [5.41, 5.74) is 2.31. The Kier molecular flexibility index (Phi) is 3.40. The fraction of sp³-hybridized carbons (Fsp3) is 0.250. The first-order valence-corrected chi connectivity index (χ1v) is 6.30. The van der Waals surface area contributed by atoms with E-state index in [0.717, 1.165) is 18.6 Å². The number of ether oxygens (including phenoxy) is 2. The monoisotopic (exact) mass is 240 g/mol. The highest BCUT2D eigenvalue weighted by atomic mass is 16.7. The van der Waals surface area contributed by atoms with E-state index >= 15 is 0 Å². The first kappa shape index (κ1) is 11.5. The molecule has 1 heterocycles. The summed E-state index contributed by atoms with van der Waals surface area (Å²) in [6, 6.07) is 20.4. The molecule has 0 amide bonds. The molecule has 2 atom stereocenters. The van der Waals surface area contributed by atoms with Gasteiger partial charge in [-0.25, -0.2) is 0 Å². The van der Waals surface area contributed by atoms with E-state index in [4.69, 9.17) is 9.47 Å². The molecule has 2 aromatic carbocycles. The highest BCUT2D eigenvalue weighted by Crippen LogP contribution is 2.34. The van der Waals surface area contributed by atoms with Crippen LogP contribution in [0.1, 0.15) is 29.9 Å². The van der Waals surface area contributed by atoms with Crippen molar-refractivity contribution in [3.05, 3.63) is 71.8 Å². The molecule has 3 rings (SSSR count). The van der Waals surface area contributed by atoms with Gasteiger partial charge in [0.05, 0.1) is 12.7 Å².